The minimum absolute atomic E-state index is 0.386. The fourth-order valence-corrected chi connectivity index (χ4v) is 12.9. The Kier molecular flexibility index (Phi) is 16.5. The van der Waals surface area contributed by atoms with Gasteiger partial charge in [0.1, 0.15) is 0 Å². The van der Waals surface area contributed by atoms with E-state index in [2.05, 4.69) is 97.1 Å². The summed E-state index contributed by atoms with van der Waals surface area (Å²) in [5, 5.41) is 0. The first-order valence-corrected chi connectivity index (χ1v) is 17.7. The first kappa shape index (κ1) is 33.1. The van der Waals surface area contributed by atoms with E-state index < -0.39 is 14.3 Å². The third-order valence-corrected chi connectivity index (χ3v) is 14.3. The van der Waals surface area contributed by atoms with Crippen LogP contribution in [0.4, 0.5) is 0 Å². The smallest absolute Gasteiger partial charge is 0.209 e. The van der Waals surface area contributed by atoms with Gasteiger partial charge in [0.2, 0.25) is 6.78 Å². The van der Waals surface area contributed by atoms with Crippen molar-refractivity contribution in [3.63, 3.8) is 0 Å². The maximum atomic E-state index is 6.69. The molecule has 0 aromatic carbocycles. The van der Waals surface area contributed by atoms with Crippen molar-refractivity contribution in [1.29, 1.82) is 0 Å². The molecule has 0 N–H and O–H groups in total. The van der Waals surface area contributed by atoms with E-state index in [0.717, 1.165) is 38.5 Å². The highest BCUT2D eigenvalue weighted by molar-refractivity contribution is 8.04. The number of hydrogen-bond acceptors (Lipinski definition) is 1. The van der Waals surface area contributed by atoms with Crippen LogP contribution in [0.5, 0.6) is 0 Å². The van der Waals surface area contributed by atoms with E-state index >= 15 is 0 Å². The van der Waals surface area contributed by atoms with Crippen molar-refractivity contribution in [2.75, 3.05) is 0 Å². The van der Waals surface area contributed by atoms with Gasteiger partial charge in [0.05, 0.1) is 0 Å². The van der Waals surface area contributed by atoms with Crippen LogP contribution in [0, 0.1) is 0 Å². The summed E-state index contributed by atoms with van der Waals surface area (Å²) in [6.45, 7) is 26.6. The van der Waals surface area contributed by atoms with Gasteiger partial charge in [-0.05, 0) is 80.1 Å². The van der Waals surface area contributed by atoms with Crippen molar-refractivity contribution in [3.8, 4) is 0 Å². The summed E-state index contributed by atoms with van der Waals surface area (Å²) in [6.07, 6.45) is 6.46. The van der Waals surface area contributed by atoms with Crippen LogP contribution in [-0.2, 0) is 0 Å². The number of nitrogens with zero attached hydrogens (tertiary/aromatic N) is 4. The molecule has 0 aromatic rings. The molecule has 32 heavy (non-hydrogen) atoms. The highest BCUT2D eigenvalue weighted by Gasteiger charge is 2.49. The van der Waals surface area contributed by atoms with Gasteiger partial charge in [-0.25, -0.2) is 18.5 Å². The molecule has 0 heterocycles. The molecule has 0 aliphatic heterocycles. The van der Waals surface area contributed by atoms with Gasteiger partial charge >= 0.3 is 0 Å². The molecule has 0 amide bonds. The van der Waals surface area contributed by atoms with Crippen molar-refractivity contribution in [1.82, 2.24) is 14.0 Å². The van der Waals surface area contributed by atoms with Gasteiger partial charge in [0, 0.05) is 36.3 Å². The van der Waals surface area contributed by atoms with E-state index in [0.29, 0.717) is 36.3 Å². The zero-order chi connectivity index (χ0) is 25.2. The van der Waals surface area contributed by atoms with Crippen LogP contribution in [0.15, 0.2) is 4.52 Å². The maximum Gasteiger partial charge on any atom is 0.209 e. The molecule has 0 radical (unpaired) electrons. The molecule has 0 spiro atoms. The van der Waals surface area contributed by atoms with Gasteiger partial charge in [0.15, 0.2) is 7.51 Å². The van der Waals surface area contributed by atoms with Crippen LogP contribution in [0.3, 0.4) is 0 Å². The van der Waals surface area contributed by atoms with E-state index in [1.807, 2.05) is 0 Å². The Bertz CT molecular complexity index is 468. The SMILES string of the molecule is CCC(C)N(C(C)CC)P(=NP(Cl)Cl)(N(C(C)CC)C(C)CC)N(C(C)CC)C(C)CC. The predicted octanol–water partition coefficient (Wildman–Crippen LogP) is 10.3. The molecule has 0 saturated heterocycles. The van der Waals surface area contributed by atoms with Gasteiger partial charge in [-0.2, -0.15) is 0 Å². The quantitative estimate of drug-likeness (QED) is 0.185. The Morgan fingerprint density at radius 2 is 0.719 bits per heavy atom. The molecule has 0 fully saturated rings. The molecule has 8 heteroatoms. The minimum atomic E-state index is -2.43. The molecule has 0 aliphatic carbocycles. The van der Waals surface area contributed by atoms with Gasteiger partial charge in [0.25, 0.3) is 0 Å². The largest absolute Gasteiger partial charge is 0.240 e. The van der Waals surface area contributed by atoms with Gasteiger partial charge < -0.3 is 0 Å². The summed E-state index contributed by atoms with van der Waals surface area (Å²) >= 11 is 13.4. The first-order valence-electron chi connectivity index (χ1n) is 13.0. The Morgan fingerprint density at radius 3 is 0.844 bits per heavy atom. The summed E-state index contributed by atoms with van der Waals surface area (Å²) in [4.78, 5) is 0. The van der Waals surface area contributed by atoms with Gasteiger partial charge in [-0.3, -0.25) is 0 Å². The normalized spacial score (nSPS) is 20.3. The van der Waals surface area contributed by atoms with Gasteiger partial charge in [-0.15, -0.1) is 0 Å². The highest BCUT2D eigenvalue weighted by Crippen LogP contribution is 2.71. The molecule has 0 aliphatic rings. The Balaban J connectivity index is 7.82. The fraction of sp³-hybridized carbons (Fsp3) is 1.00. The molecule has 6 atom stereocenters. The Labute approximate surface area is 212 Å². The van der Waals surface area contributed by atoms with E-state index in [1.165, 1.54) is 0 Å². The van der Waals surface area contributed by atoms with Crippen molar-refractivity contribution < 1.29 is 0 Å². The molecule has 6 unspecified atom stereocenters. The van der Waals surface area contributed by atoms with Crippen molar-refractivity contribution in [2.45, 2.75) is 158 Å². The molecular formula is C24H54Cl2N4P2. The second kappa shape index (κ2) is 16.0. The molecule has 0 bridgehead atoms. The van der Waals surface area contributed by atoms with E-state index in [1.54, 1.807) is 0 Å². The summed E-state index contributed by atoms with van der Waals surface area (Å²) in [6, 6.07) is 2.31. The second-order valence-electron chi connectivity index (χ2n) is 9.52. The average molecular weight is 532 g/mol. The highest BCUT2D eigenvalue weighted by atomic mass is 35.9. The summed E-state index contributed by atoms with van der Waals surface area (Å²) in [5.41, 5.74) is 0. The monoisotopic (exact) mass is 530 g/mol. The topological polar surface area (TPSA) is 22.1 Å². The molecular weight excluding hydrogens is 477 g/mol. The first-order chi connectivity index (χ1) is 14.9. The zero-order valence-electron chi connectivity index (χ0n) is 23.1. The van der Waals surface area contributed by atoms with Crippen molar-refractivity contribution >= 4 is 36.8 Å². The van der Waals surface area contributed by atoms with Crippen molar-refractivity contribution in [3.05, 3.63) is 0 Å². The lowest BCUT2D eigenvalue weighted by Gasteiger charge is -2.59. The standard InChI is InChI=1S/C24H54Cl2N4P2/c1-13-19(7)28(20(8)14-2)32(27-31(25)26,29(21(9)15-3)22(10)16-4)30(23(11)17-5)24(12)18-6/h19-24H,13-18H2,1-12H3. The van der Waals surface area contributed by atoms with Crippen LogP contribution >= 0.6 is 36.8 Å². The van der Waals surface area contributed by atoms with Crippen LogP contribution in [-0.4, -0.2) is 50.3 Å². The zero-order valence-corrected chi connectivity index (χ0v) is 26.4. The average Bonchev–Trinajstić information content (AvgIpc) is 2.77. The Hall–Kier alpha value is 1.12. The summed E-state index contributed by atoms with van der Waals surface area (Å²) < 4.78 is 13.8. The number of rotatable bonds is 16. The molecule has 0 saturated carbocycles. The van der Waals surface area contributed by atoms with Crippen LogP contribution in [0.1, 0.15) is 122 Å². The second-order valence-corrected chi connectivity index (χ2v) is 15.6. The van der Waals surface area contributed by atoms with Crippen LogP contribution < -0.4 is 0 Å². The fourth-order valence-electron chi connectivity index (χ4n) is 4.60. The summed E-state index contributed by atoms with van der Waals surface area (Å²) in [7, 11) is -2.43. The maximum absolute atomic E-state index is 6.69. The number of hydrogen-bond donors (Lipinski definition) is 0. The molecule has 0 aromatic heterocycles. The number of halogens is 2. The van der Waals surface area contributed by atoms with Crippen LogP contribution in [0.25, 0.3) is 0 Å². The minimum Gasteiger partial charge on any atom is -0.240 e. The lowest BCUT2D eigenvalue weighted by Crippen LogP contribution is -2.55. The molecule has 194 valence electrons. The summed E-state index contributed by atoms with van der Waals surface area (Å²) in [5.74, 6) is 0. The third kappa shape index (κ3) is 7.81. The Morgan fingerprint density at radius 1 is 0.531 bits per heavy atom. The van der Waals surface area contributed by atoms with E-state index in [9.17, 15) is 0 Å². The molecule has 4 nitrogen and oxygen atoms in total. The van der Waals surface area contributed by atoms with Crippen molar-refractivity contribution in [2.24, 2.45) is 4.52 Å². The lowest BCUT2D eigenvalue weighted by molar-refractivity contribution is 0.156. The lowest BCUT2D eigenvalue weighted by atomic mass is 10.2. The van der Waals surface area contributed by atoms with Crippen LogP contribution in [0.2, 0.25) is 0 Å². The van der Waals surface area contributed by atoms with Gasteiger partial charge in [-0.1, -0.05) is 64.0 Å². The third-order valence-electron chi connectivity index (χ3n) is 7.37. The predicted molar refractivity (Wildman–Crippen MR) is 152 cm³/mol. The molecule has 0 rings (SSSR count). The van der Waals surface area contributed by atoms with E-state index in [4.69, 9.17) is 27.0 Å². The van der Waals surface area contributed by atoms with E-state index in [-0.39, 0.29) is 0 Å².